The Morgan fingerprint density at radius 1 is 1.24 bits per heavy atom. The Kier molecular flexibility index (Phi) is 4.84. The van der Waals surface area contributed by atoms with Crippen LogP contribution in [0.5, 0.6) is 0 Å². The third-order valence-electron chi connectivity index (χ3n) is 5.57. The highest BCUT2D eigenvalue weighted by molar-refractivity contribution is 5.81. The number of rotatable bonds is 3. The van der Waals surface area contributed by atoms with Crippen molar-refractivity contribution in [3.05, 3.63) is 71.2 Å². The number of aromatic nitrogens is 1. The molecule has 4 rings (SSSR count). The second-order valence-corrected chi connectivity index (χ2v) is 7.37. The molecule has 151 valence electrons. The molecule has 1 aliphatic heterocycles. The van der Waals surface area contributed by atoms with Crippen LogP contribution in [-0.2, 0) is 30.4 Å². The minimum Gasteiger partial charge on any atom is -0.342 e. The fourth-order valence-electron chi connectivity index (χ4n) is 3.97. The second-order valence-electron chi connectivity index (χ2n) is 7.37. The number of aryl methyl sites for hydroxylation is 1. The highest BCUT2D eigenvalue weighted by Gasteiger charge is 2.35. The van der Waals surface area contributed by atoms with Gasteiger partial charge in [0.2, 0.25) is 5.91 Å². The lowest BCUT2D eigenvalue weighted by Gasteiger charge is -2.33. The van der Waals surface area contributed by atoms with E-state index in [9.17, 15) is 22.4 Å². The van der Waals surface area contributed by atoms with Gasteiger partial charge in [-0.3, -0.25) is 4.79 Å². The van der Waals surface area contributed by atoms with E-state index in [4.69, 9.17) is 0 Å². The van der Waals surface area contributed by atoms with Gasteiger partial charge in [0.05, 0.1) is 12.0 Å². The zero-order valence-corrected chi connectivity index (χ0v) is 15.8. The Morgan fingerprint density at radius 2 is 2.00 bits per heavy atom. The van der Waals surface area contributed by atoms with Crippen LogP contribution in [0.25, 0.3) is 10.9 Å². The minimum absolute atomic E-state index is 0.131. The summed E-state index contributed by atoms with van der Waals surface area (Å²) in [6.07, 6.45) is -3.69. The Labute approximate surface area is 165 Å². The summed E-state index contributed by atoms with van der Waals surface area (Å²) in [5.41, 5.74) is 0.787. The van der Waals surface area contributed by atoms with Crippen LogP contribution in [0.2, 0.25) is 0 Å². The van der Waals surface area contributed by atoms with Gasteiger partial charge >= 0.3 is 6.18 Å². The number of carbonyl (C=O) groups excluding carboxylic acids is 1. The number of likely N-dealkylation sites (N-methyl/N-ethyl adjacent to an activating group) is 1. The average Bonchev–Trinajstić information content (AvgIpc) is 3.05. The van der Waals surface area contributed by atoms with Crippen molar-refractivity contribution in [2.75, 3.05) is 7.05 Å². The van der Waals surface area contributed by atoms with Gasteiger partial charge in [-0.05, 0) is 36.6 Å². The number of amides is 1. The van der Waals surface area contributed by atoms with Crippen molar-refractivity contribution in [2.24, 2.45) is 0 Å². The SMILES string of the molecule is CN(C(=O)Cc1ccc(F)cc1C(F)(F)F)[C@@H]1CCc2[c]c3ccccc3n2C1. The highest BCUT2D eigenvalue weighted by atomic mass is 19.4. The van der Waals surface area contributed by atoms with Crippen LogP contribution in [0.1, 0.15) is 23.2 Å². The lowest BCUT2D eigenvalue weighted by atomic mass is 10.0. The van der Waals surface area contributed by atoms with Crippen LogP contribution in [0.4, 0.5) is 17.6 Å². The molecule has 29 heavy (non-hydrogen) atoms. The molecule has 1 aliphatic rings. The van der Waals surface area contributed by atoms with Crippen molar-refractivity contribution < 1.29 is 22.4 Å². The molecule has 0 unspecified atom stereocenters. The second kappa shape index (κ2) is 7.21. The van der Waals surface area contributed by atoms with E-state index in [1.54, 1.807) is 7.05 Å². The first-order valence-electron chi connectivity index (χ1n) is 9.35. The van der Waals surface area contributed by atoms with Crippen LogP contribution in [0.15, 0.2) is 42.5 Å². The van der Waals surface area contributed by atoms with Gasteiger partial charge in [-0.25, -0.2) is 4.39 Å². The summed E-state index contributed by atoms with van der Waals surface area (Å²) in [5, 5.41) is 1.01. The van der Waals surface area contributed by atoms with E-state index >= 15 is 0 Å². The van der Waals surface area contributed by atoms with Gasteiger partial charge in [-0.2, -0.15) is 13.2 Å². The molecular formula is C22H19F4N2O. The summed E-state index contributed by atoms with van der Waals surface area (Å²) in [6.45, 7) is 0.567. The van der Waals surface area contributed by atoms with Gasteiger partial charge in [-0.15, -0.1) is 0 Å². The molecule has 2 aromatic carbocycles. The molecule has 2 heterocycles. The highest BCUT2D eigenvalue weighted by Crippen LogP contribution is 2.33. The van der Waals surface area contributed by atoms with Crippen molar-refractivity contribution in [1.29, 1.82) is 0 Å². The summed E-state index contributed by atoms with van der Waals surface area (Å²) < 4.78 is 55.1. The predicted octanol–water partition coefficient (Wildman–Crippen LogP) is 4.62. The number of hydrogen-bond donors (Lipinski definition) is 0. The molecule has 1 atom stereocenters. The monoisotopic (exact) mass is 403 g/mol. The van der Waals surface area contributed by atoms with Crippen LogP contribution in [0.3, 0.4) is 0 Å². The topological polar surface area (TPSA) is 25.2 Å². The van der Waals surface area contributed by atoms with Crippen LogP contribution in [0, 0.1) is 11.9 Å². The van der Waals surface area contributed by atoms with E-state index in [2.05, 4.69) is 10.6 Å². The summed E-state index contributed by atoms with van der Waals surface area (Å²) in [6, 6.07) is 13.5. The summed E-state index contributed by atoms with van der Waals surface area (Å²) in [5.74, 6) is -1.39. The number of para-hydroxylation sites is 1. The summed E-state index contributed by atoms with van der Waals surface area (Å²) in [7, 11) is 1.62. The molecule has 7 heteroatoms. The fourth-order valence-corrected chi connectivity index (χ4v) is 3.97. The van der Waals surface area contributed by atoms with E-state index in [0.717, 1.165) is 35.2 Å². The number of hydrogen-bond acceptors (Lipinski definition) is 1. The first-order chi connectivity index (χ1) is 13.7. The minimum atomic E-state index is -4.71. The molecule has 1 amide bonds. The first-order valence-corrected chi connectivity index (χ1v) is 9.35. The number of alkyl halides is 3. The standard InChI is InChI=1S/C22H19F4N2O/c1-27(21(29)11-14-6-7-16(23)12-19(14)22(24,25)26)18-9-8-17-10-15-4-2-3-5-20(15)28(17)13-18/h2-7,12,18H,8-9,11,13H2,1H3/t18-/m1/s1. The molecule has 0 aliphatic carbocycles. The predicted molar refractivity (Wildman–Crippen MR) is 101 cm³/mol. The van der Waals surface area contributed by atoms with Crippen LogP contribution in [-0.4, -0.2) is 28.5 Å². The maximum atomic E-state index is 13.3. The van der Waals surface area contributed by atoms with E-state index in [-0.39, 0.29) is 11.6 Å². The molecule has 3 nitrogen and oxygen atoms in total. The van der Waals surface area contributed by atoms with Gasteiger partial charge in [-0.1, -0.05) is 24.3 Å². The van der Waals surface area contributed by atoms with E-state index < -0.39 is 29.9 Å². The van der Waals surface area contributed by atoms with Crippen molar-refractivity contribution in [3.8, 4) is 0 Å². The number of carbonyl (C=O) groups is 1. The Balaban J connectivity index is 1.54. The quantitative estimate of drug-likeness (QED) is 0.586. The summed E-state index contributed by atoms with van der Waals surface area (Å²) >= 11 is 0. The van der Waals surface area contributed by atoms with Crippen molar-refractivity contribution in [3.63, 3.8) is 0 Å². The first kappa shape index (κ1) is 19.5. The zero-order valence-electron chi connectivity index (χ0n) is 15.8. The summed E-state index contributed by atoms with van der Waals surface area (Å²) in [4.78, 5) is 14.3. The molecule has 0 saturated carbocycles. The fraction of sp³-hybridized carbons (Fsp3) is 0.318. The molecule has 0 N–H and O–H groups in total. The maximum Gasteiger partial charge on any atom is 0.416 e. The van der Waals surface area contributed by atoms with Crippen molar-refractivity contribution in [2.45, 2.75) is 38.0 Å². The van der Waals surface area contributed by atoms with E-state index in [1.807, 2.05) is 24.3 Å². The maximum absolute atomic E-state index is 13.3. The lowest BCUT2D eigenvalue weighted by molar-refractivity contribution is -0.139. The zero-order chi connectivity index (χ0) is 20.8. The molecule has 1 aromatic heterocycles. The van der Waals surface area contributed by atoms with Crippen molar-refractivity contribution in [1.82, 2.24) is 9.47 Å². The third-order valence-corrected chi connectivity index (χ3v) is 5.57. The third kappa shape index (κ3) is 3.73. The molecule has 0 saturated heterocycles. The largest absolute Gasteiger partial charge is 0.416 e. The van der Waals surface area contributed by atoms with E-state index in [0.29, 0.717) is 19.0 Å². The van der Waals surface area contributed by atoms with Gasteiger partial charge in [0.25, 0.3) is 0 Å². The van der Waals surface area contributed by atoms with Crippen LogP contribution < -0.4 is 0 Å². The molecule has 1 radical (unpaired) electrons. The number of benzene rings is 2. The van der Waals surface area contributed by atoms with Gasteiger partial charge in [0.15, 0.2) is 0 Å². The Hall–Kier alpha value is -2.83. The molecular weight excluding hydrogens is 384 g/mol. The van der Waals surface area contributed by atoms with Crippen molar-refractivity contribution >= 4 is 16.8 Å². The normalized spacial score (nSPS) is 16.7. The van der Waals surface area contributed by atoms with Gasteiger partial charge in [0, 0.05) is 42.3 Å². The van der Waals surface area contributed by atoms with Gasteiger partial charge in [0.1, 0.15) is 5.82 Å². The Morgan fingerprint density at radius 3 is 2.76 bits per heavy atom. The molecule has 0 fully saturated rings. The number of halogens is 4. The van der Waals surface area contributed by atoms with Crippen LogP contribution >= 0.6 is 0 Å². The number of nitrogens with zero attached hydrogens (tertiary/aromatic N) is 2. The molecule has 0 spiro atoms. The molecule has 3 aromatic rings. The average molecular weight is 403 g/mol. The smallest absolute Gasteiger partial charge is 0.342 e. The lowest BCUT2D eigenvalue weighted by Crippen LogP contribution is -2.43. The van der Waals surface area contributed by atoms with Gasteiger partial charge < -0.3 is 9.47 Å². The van der Waals surface area contributed by atoms with E-state index in [1.165, 1.54) is 4.90 Å². The number of fused-ring (bicyclic) bond motifs is 3. The Bertz CT molecular complexity index is 1070. The molecule has 0 bridgehead atoms.